The van der Waals surface area contributed by atoms with Crippen molar-refractivity contribution in [1.82, 2.24) is 4.57 Å². The summed E-state index contributed by atoms with van der Waals surface area (Å²) in [7, 11) is 0. The van der Waals surface area contributed by atoms with Gasteiger partial charge in [-0.2, -0.15) is 0 Å². The minimum Gasteiger partial charge on any atom is -0.310 e. The SMILES string of the molecule is c1ccc(-c2c(-c3ccccc3)c3cc(N(c4ccc(-c5ccc6ccccc6c5)cc4)c4cccc5c4c4ccccc4n5-c4ccc5ccccc5c4)ccc3c3ccccc23)cc1. The topological polar surface area (TPSA) is 8.17 Å². The number of hydrogen-bond donors (Lipinski definition) is 0. The van der Waals surface area contributed by atoms with Crippen LogP contribution in [0, 0.1) is 0 Å². The third kappa shape index (κ3) is 6.18. The van der Waals surface area contributed by atoms with E-state index in [4.69, 9.17) is 0 Å². The summed E-state index contributed by atoms with van der Waals surface area (Å²) in [6, 6.07) is 93.5. The molecule has 0 radical (unpaired) electrons. The fraction of sp³-hybridized carbons (Fsp3) is 0. The first kappa shape index (κ1) is 37.8. The van der Waals surface area contributed by atoms with Gasteiger partial charge in [0.15, 0.2) is 0 Å². The van der Waals surface area contributed by atoms with Crippen LogP contribution in [-0.2, 0) is 0 Å². The van der Waals surface area contributed by atoms with Gasteiger partial charge in [-0.25, -0.2) is 0 Å². The van der Waals surface area contributed by atoms with E-state index in [0.29, 0.717) is 0 Å². The summed E-state index contributed by atoms with van der Waals surface area (Å²) in [6.07, 6.45) is 0. The fourth-order valence-electron chi connectivity index (χ4n) is 10.5. The second kappa shape index (κ2) is 15.5. The number of benzene rings is 12. The first-order chi connectivity index (χ1) is 32.7. The Kier molecular flexibility index (Phi) is 8.89. The van der Waals surface area contributed by atoms with Gasteiger partial charge in [-0.3, -0.25) is 0 Å². The molecule has 66 heavy (non-hydrogen) atoms. The maximum Gasteiger partial charge on any atom is 0.0562 e. The molecule has 0 saturated carbocycles. The minimum absolute atomic E-state index is 1.08. The molecule has 13 rings (SSSR count). The van der Waals surface area contributed by atoms with Crippen LogP contribution in [0.3, 0.4) is 0 Å². The van der Waals surface area contributed by atoms with Crippen LogP contribution >= 0.6 is 0 Å². The van der Waals surface area contributed by atoms with E-state index in [9.17, 15) is 0 Å². The first-order valence-corrected chi connectivity index (χ1v) is 22.8. The fourth-order valence-corrected chi connectivity index (χ4v) is 10.5. The average Bonchev–Trinajstić information content (AvgIpc) is 3.74. The van der Waals surface area contributed by atoms with Crippen molar-refractivity contribution in [2.45, 2.75) is 0 Å². The summed E-state index contributed by atoms with van der Waals surface area (Å²) in [6.45, 7) is 0. The van der Waals surface area contributed by atoms with Crippen molar-refractivity contribution < 1.29 is 0 Å². The number of aromatic nitrogens is 1. The smallest absolute Gasteiger partial charge is 0.0562 e. The van der Waals surface area contributed by atoms with E-state index in [1.54, 1.807) is 0 Å². The Morgan fingerprint density at radius 2 is 0.803 bits per heavy atom. The maximum absolute atomic E-state index is 2.48. The van der Waals surface area contributed by atoms with Crippen molar-refractivity contribution in [3.05, 3.63) is 255 Å². The zero-order chi connectivity index (χ0) is 43.6. The summed E-state index contributed by atoms with van der Waals surface area (Å²) in [4.78, 5) is 2.48. The molecule has 0 atom stereocenters. The highest BCUT2D eigenvalue weighted by Crippen LogP contribution is 2.49. The molecule has 0 spiro atoms. The summed E-state index contributed by atoms with van der Waals surface area (Å²) >= 11 is 0. The standard InChI is InChI=1S/C64H42N2/c1-3-18-46(19-4-1)62-56-25-12-11-24-54(56)55-39-38-53(42-58(55)63(62)47-20-5-2-6-21-47)65(51-35-32-45(33-36-51)50-31-30-43-16-7-9-22-48(43)40-50)60-28-15-29-61-64(60)57-26-13-14-27-59(57)66(61)52-37-34-44-17-8-10-23-49(44)41-52/h1-42H. The van der Waals surface area contributed by atoms with Crippen molar-refractivity contribution in [3.8, 4) is 39.1 Å². The van der Waals surface area contributed by atoms with Crippen LogP contribution in [0.2, 0.25) is 0 Å². The van der Waals surface area contributed by atoms with Gasteiger partial charge < -0.3 is 9.47 Å². The van der Waals surface area contributed by atoms with Gasteiger partial charge in [-0.05, 0) is 137 Å². The van der Waals surface area contributed by atoms with Crippen molar-refractivity contribution in [3.63, 3.8) is 0 Å². The van der Waals surface area contributed by atoms with Crippen LogP contribution in [0.25, 0.3) is 104 Å². The predicted octanol–water partition coefficient (Wildman–Crippen LogP) is 17.9. The molecule has 13 aromatic rings. The third-order valence-electron chi connectivity index (χ3n) is 13.5. The molecule has 0 saturated heterocycles. The minimum atomic E-state index is 1.08. The normalized spacial score (nSPS) is 11.6. The molecule has 1 aromatic heterocycles. The number of para-hydroxylation sites is 1. The summed E-state index contributed by atoms with van der Waals surface area (Å²) in [5.74, 6) is 0. The van der Waals surface area contributed by atoms with Crippen molar-refractivity contribution >= 4 is 82.0 Å². The van der Waals surface area contributed by atoms with Gasteiger partial charge in [0, 0.05) is 27.8 Å². The maximum atomic E-state index is 2.48. The molecule has 2 heteroatoms. The zero-order valence-corrected chi connectivity index (χ0v) is 36.1. The Bertz CT molecular complexity index is 3980. The second-order valence-electron chi connectivity index (χ2n) is 17.3. The summed E-state index contributed by atoms with van der Waals surface area (Å²) in [5.41, 5.74) is 14.0. The van der Waals surface area contributed by atoms with Crippen LogP contribution < -0.4 is 4.90 Å². The summed E-state index contributed by atoms with van der Waals surface area (Å²) in [5, 5.41) is 12.3. The Morgan fingerprint density at radius 3 is 1.53 bits per heavy atom. The molecule has 0 aliphatic rings. The molecule has 12 aromatic carbocycles. The van der Waals surface area contributed by atoms with Gasteiger partial charge >= 0.3 is 0 Å². The van der Waals surface area contributed by atoms with Gasteiger partial charge in [-0.15, -0.1) is 0 Å². The highest BCUT2D eigenvalue weighted by Gasteiger charge is 2.24. The van der Waals surface area contributed by atoms with Gasteiger partial charge in [0.2, 0.25) is 0 Å². The molecular weight excluding hydrogens is 797 g/mol. The number of nitrogens with zero attached hydrogens (tertiary/aromatic N) is 2. The molecule has 0 aliphatic carbocycles. The average molecular weight is 839 g/mol. The van der Waals surface area contributed by atoms with E-state index in [2.05, 4.69) is 264 Å². The lowest BCUT2D eigenvalue weighted by molar-refractivity contribution is 1.18. The third-order valence-corrected chi connectivity index (χ3v) is 13.5. The van der Waals surface area contributed by atoms with E-state index in [1.165, 1.54) is 92.8 Å². The van der Waals surface area contributed by atoms with E-state index >= 15 is 0 Å². The highest BCUT2D eigenvalue weighted by atomic mass is 15.1. The van der Waals surface area contributed by atoms with Crippen LogP contribution in [0.5, 0.6) is 0 Å². The van der Waals surface area contributed by atoms with Gasteiger partial charge in [0.1, 0.15) is 0 Å². The van der Waals surface area contributed by atoms with Gasteiger partial charge in [0.25, 0.3) is 0 Å². The molecule has 2 nitrogen and oxygen atoms in total. The van der Waals surface area contributed by atoms with Crippen LogP contribution in [-0.4, -0.2) is 4.57 Å². The summed E-state index contributed by atoms with van der Waals surface area (Å²) < 4.78 is 2.44. The van der Waals surface area contributed by atoms with Crippen LogP contribution in [0.1, 0.15) is 0 Å². The van der Waals surface area contributed by atoms with Crippen molar-refractivity contribution in [2.75, 3.05) is 4.90 Å². The van der Waals surface area contributed by atoms with E-state index < -0.39 is 0 Å². The molecule has 0 amide bonds. The molecule has 308 valence electrons. The first-order valence-electron chi connectivity index (χ1n) is 22.8. The molecule has 0 N–H and O–H groups in total. The predicted molar refractivity (Wildman–Crippen MR) is 282 cm³/mol. The van der Waals surface area contributed by atoms with E-state index in [0.717, 1.165) is 28.3 Å². The molecular formula is C64H42N2. The van der Waals surface area contributed by atoms with Crippen LogP contribution in [0.4, 0.5) is 17.1 Å². The lowest BCUT2D eigenvalue weighted by Crippen LogP contribution is -2.10. The lowest BCUT2D eigenvalue weighted by Gasteiger charge is -2.28. The molecule has 0 bridgehead atoms. The number of anilines is 3. The van der Waals surface area contributed by atoms with E-state index in [-0.39, 0.29) is 0 Å². The number of rotatable bonds is 7. The number of hydrogen-bond acceptors (Lipinski definition) is 1. The lowest BCUT2D eigenvalue weighted by atomic mass is 9.85. The van der Waals surface area contributed by atoms with E-state index in [1.807, 2.05) is 0 Å². The Hall–Kier alpha value is -8.72. The second-order valence-corrected chi connectivity index (χ2v) is 17.3. The molecule has 0 aliphatic heterocycles. The largest absolute Gasteiger partial charge is 0.310 e. The Morgan fingerprint density at radius 1 is 0.273 bits per heavy atom. The molecule has 0 unspecified atom stereocenters. The molecule has 0 fully saturated rings. The monoisotopic (exact) mass is 838 g/mol. The van der Waals surface area contributed by atoms with Crippen molar-refractivity contribution in [1.29, 1.82) is 0 Å². The van der Waals surface area contributed by atoms with Gasteiger partial charge in [0.05, 0.1) is 16.7 Å². The van der Waals surface area contributed by atoms with Crippen molar-refractivity contribution in [2.24, 2.45) is 0 Å². The van der Waals surface area contributed by atoms with Gasteiger partial charge in [-0.1, -0.05) is 194 Å². The number of fused-ring (bicyclic) bond motifs is 8. The zero-order valence-electron chi connectivity index (χ0n) is 36.1. The Labute approximate surface area is 383 Å². The highest BCUT2D eigenvalue weighted by molar-refractivity contribution is 6.23. The Balaban J connectivity index is 1.09. The quantitative estimate of drug-likeness (QED) is 0.145. The van der Waals surface area contributed by atoms with Crippen LogP contribution in [0.15, 0.2) is 255 Å². The molecule has 1 heterocycles.